The third-order valence-corrected chi connectivity index (χ3v) is 2.06. The first kappa shape index (κ1) is 9.39. The first-order valence-electron chi connectivity index (χ1n) is 4.17. The van der Waals surface area contributed by atoms with Crippen molar-refractivity contribution in [1.29, 1.82) is 0 Å². The van der Waals surface area contributed by atoms with Crippen LogP contribution in [0, 0.1) is 5.82 Å². The van der Waals surface area contributed by atoms with Crippen molar-refractivity contribution in [3.63, 3.8) is 0 Å². The summed E-state index contributed by atoms with van der Waals surface area (Å²) in [4.78, 5) is 14.5. The Bertz CT molecular complexity index is 554. The molecular formula is C10H7FN2O2. The number of hydrogen-bond acceptors (Lipinski definition) is 3. The summed E-state index contributed by atoms with van der Waals surface area (Å²) in [7, 11) is 0. The van der Waals surface area contributed by atoms with E-state index in [0.717, 1.165) is 0 Å². The second-order valence-corrected chi connectivity index (χ2v) is 3.04. The average Bonchev–Trinajstić information content (AvgIpc) is 2.18. The Morgan fingerprint density at radius 1 is 1.47 bits per heavy atom. The molecule has 2 rings (SSSR count). The first-order chi connectivity index (χ1) is 7.09. The third-order valence-electron chi connectivity index (χ3n) is 2.06. The van der Waals surface area contributed by atoms with Gasteiger partial charge in [-0.2, -0.15) is 0 Å². The number of aromatic carboxylic acids is 1. The molecule has 5 heteroatoms. The number of hydrogen-bond donors (Lipinski definition) is 2. The van der Waals surface area contributed by atoms with Gasteiger partial charge in [-0.3, -0.25) is 0 Å². The number of pyridine rings is 1. The minimum absolute atomic E-state index is 0.0833. The number of benzene rings is 1. The largest absolute Gasteiger partial charge is 0.478 e. The van der Waals surface area contributed by atoms with Crippen LogP contribution in [0.3, 0.4) is 0 Å². The molecule has 15 heavy (non-hydrogen) atoms. The van der Waals surface area contributed by atoms with Crippen LogP contribution in [0.25, 0.3) is 10.9 Å². The highest BCUT2D eigenvalue weighted by molar-refractivity contribution is 5.97. The van der Waals surface area contributed by atoms with E-state index in [1.54, 1.807) is 6.07 Å². The summed E-state index contributed by atoms with van der Waals surface area (Å²) < 4.78 is 13.2. The highest BCUT2D eigenvalue weighted by Crippen LogP contribution is 2.20. The Morgan fingerprint density at radius 2 is 2.20 bits per heavy atom. The number of para-hydroxylation sites is 1. The summed E-state index contributed by atoms with van der Waals surface area (Å²) in [5.41, 5.74) is 5.36. The fourth-order valence-corrected chi connectivity index (χ4v) is 1.35. The van der Waals surface area contributed by atoms with E-state index in [2.05, 4.69) is 4.98 Å². The zero-order valence-corrected chi connectivity index (χ0v) is 7.57. The summed E-state index contributed by atoms with van der Waals surface area (Å²) in [6, 6.07) is 5.62. The first-order valence-corrected chi connectivity index (χ1v) is 4.17. The summed E-state index contributed by atoms with van der Waals surface area (Å²) >= 11 is 0. The van der Waals surface area contributed by atoms with Crippen LogP contribution in [0.4, 0.5) is 10.2 Å². The van der Waals surface area contributed by atoms with E-state index in [4.69, 9.17) is 10.8 Å². The number of fused-ring (bicyclic) bond motifs is 1. The van der Waals surface area contributed by atoms with Crippen molar-refractivity contribution in [2.24, 2.45) is 0 Å². The van der Waals surface area contributed by atoms with Gasteiger partial charge in [-0.05, 0) is 12.1 Å². The van der Waals surface area contributed by atoms with Crippen LogP contribution in [0.1, 0.15) is 10.4 Å². The van der Waals surface area contributed by atoms with Crippen LogP contribution in [-0.4, -0.2) is 16.1 Å². The van der Waals surface area contributed by atoms with Gasteiger partial charge >= 0.3 is 5.97 Å². The molecule has 1 aromatic heterocycles. The normalized spacial score (nSPS) is 10.5. The number of carboxylic acid groups (broad SMARTS) is 1. The van der Waals surface area contributed by atoms with Crippen molar-refractivity contribution in [2.45, 2.75) is 0 Å². The molecule has 2 aromatic rings. The number of aromatic nitrogens is 1. The van der Waals surface area contributed by atoms with E-state index in [1.165, 1.54) is 18.2 Å². The number of anilines is 1. The van der Waals surface area contributed by atoms with Gasteiger partial charge in [0.1, 0.15) is 22.7 Å². The molecule has 1 heterocycles. The summed E-state index contributed by atoms with van der Waals surface area (Å²) in [6.07, 6.45) is 0. The van der Waals surface area contributed by atoms with Gasteiger partial charge in [-0.1, -0.05) is 12.1 Å². The molecule has 0 aliphatic carbocycles. The highest BCUT2D eigenvalue weighted by atomic mass is 19.1. The fourth-order valence-electron chi connectivity index (χ4n) is 1.35. The molecule has 3 N–H and O–H groups in total. The van der Waals surface area contributed by atoms with E-state index in [0.29, 0.717) is 5.39 Å². The third kappa shape index (κ3) is 1.48. The number of nitrogens with two attached hydrogens (primary N) is 1. The molecule has 0 spiro atoms. The number of rotatable bonds is 1. The Kier molecular flexibility index (Phi) is 2.00. The van der Waals surface area contributed by atoms with Crippen LogP contribution in [0.2, 0.25) is 0 Å². The molecule has 0 unspecified atom stereocenters. The lowest BCUT2D eigenvalue weighted by molar-refractivity contribution is 0.0698. The van der Waals surface area contributed by atoms with E-state index < -0.39 is 11.8 Å². The number of nitrogen functional groups attached to an aromatic ring is 1. The molecular weight excluding hydrogens is 199 g/mol. The quantitative estimate of drug-likeness (QED) is 0.743. The second kappa shape index (κ2) is 3.20. The zero-order valence-electron chi connectivity index (χ0n) is 7.57. The monoisotopic (exact) mass is 206 g/mol. The summed E-state index contributed by atoms with van der Waals surface area (Å²) in [6.45, 7) is 0. The van der Waals surface area contributed by atoms with E-state index in [1.807, 2.05) is 0 Å². The average molecular weight is 206 g/mol. The second-order valence-electron chi connectivity index (χ2n) is 3.04. The fraction of sp³-hybridized carbons (Fsp3) is 0. The number of halogens is 1. The lowest BCUT2D eigenvalue weighted by Crippen LogP contribution is -2.05. The van der Waals surface area contributed by atoms with Crippen molar-refractivity contribution >= 4 is 22.7 Å². The summed E-state index contributed by atoms with van der Waals surface area (Å²) in [5, 5.41) is 9.20. The SMILES string of the molecule is Nc1nc2c(F)cccc2cc1C(=O)O. The van der Waals surface area contributed by atoms with Crippen molar-refractivity contribution in [2.75, 3.05) is 5.73 Å². The van der Waals surface area contributed by atoms with Gasteiger partial charge in [-0.15, -0.1) is 0 Å². The lowest BCUT2D eigenvalue weighted by atomic mass is 10.1. The van der Waals surface area contributed by atoms with Crippen LogP contribution in [0.5, 0.6) is 0 Å². The predicted octanol–water partition coefficient (Wildman–Crippen LogP) is 1.65. The van der Waals surface area contributed by atoms with Gasteiger partial charge in [0.2, 0.25) is 0 Å². The Hall–Kier alpha value is -2.17. The smallest absolute Gasteiger partial charge is 0.339 e. The van der Waals surface area contributed by atoms with Crippen molar-refractivity contribution in [3.8, 4) is 0 Å². The topological polar surface area (TPSA) is 76.2 Å². The van der Waals surface area contributed by atoms with E-state index in [9.17, 15) is 9.18 Å². The number of carbonyl (C=O) groups is 1. The molecule has 0 radical (unpaired) electrons. The van der Waals surface area contributed by atoms with Crippen molar-refractivity contribution < 1.29 is 14.3 Å². The Labute approximate surface area is 84.2 Å². The summed E-state index contributed by atoms with van der Waals surface area (Å²) in [5.74, 6) is -1.87. The standard InChI is InChI=1S/C10H7FN2O2/c11-7-3-1-2-5-4-6(10(14)15)9(12)13-8(5)7/h1-4H,(H2,12,13)(H,14,15). The van der Waals surface area contributed by atoms with E-state index in [-0.39, 0.29) is 16.9 Å². The van der Waals surface area contributed by atoms with Gasteiger partial charge in [0.25, 0.3) is 0 Å². The van der Waals surface area contributed by atoms with Gasteiger partial charge in [0, 0.05) is 5.39 Å². The molecule has 0 aliphatic heterocycles. The predicted molar refractivity (Wildman–Crippen MR) is 53.1 cm³/mol. The van der Waals surface area contributed by atoms with Crippen LogP contribution in [-0.2, 0) is 0 Å². The lowest BCUT2D eigenvalue weighted by Gasteiger charge is -2.03. The van der Waals surface area contributed by atoms with Crippen LogP contribution in [0.15, 0.2) is 24.3 Å². The molecule has 0 saturated carbocycles. The maximum atomic E-state index is 13.2. The molecule has 76 valence electrons. The van der Waals surface area contributed by atoms with Gasteiger partial charge < -0.3 is 10.8 Å². The molecule has 0 amide bonds. The molecule has 4 nitrogen and oxygen atoms in total. The maximum Gasteiger partial charge on any atom is 0.339 e. The number of carboxylic acids is 1. The van der Waals surface area contributed by atoms with Crippen LogP contribution < -0.4 is 5.73 Å². The minimum Gasteiger partial charge on any atom is -0.478 e. The molecule has 1 aromatic carbocycles. The molecule has 0 fully saturated rings. The van der Waals surface area contributed by atoms with Gasteiger partial charge in [-0.25, -0.2) is 14.2 Å². The molecule has 0 saturated heterocycles. The molecule has 0 aliphatic rings. The molecule has 0 bridgehead atoms. The minimum atomic E-state index is -1.17. The Morgan fingerprint density at radius 3 is 2.87 bits per heavy atom. The molecule has 0 atom stereocenters. The van der Waals surface area contributed by atoms with Gasteiger partial charge in [0.05, 0.1) is 0 Å². The highest BCUT2D eigenvalue weighted by Gasteiger charge is 2.12. The number of nitrogens with zero attached hydrogens (tertiary/aromatic N) is 1. The van der Waals surface area contributed by atoms with Crippen molar-refractivity contribution in [3.05, 3.63) is 35.6 Å². The maximum absolute atomic E-state index is 13.2. The van der Waals surface area contributed by atoms with Crippen molar-refractivity contribution in [1.82, 2.24) is 4.98 Å². The Balaban J connectivity index is 2.82. The van der Waals surface area contributed by atoms with Gasteiger partial charge in [0.15, 0.2) is 0 Å². The van der Waals surface area contributed by atoms with E-state index >= 15 is 0 Å². The van der Waals surface area contributed by atoms with Crippen LogP contribution >= 0.6 is 0 Å². The zero-order chi connectivity index (χ0) is 11.0.